The maximum Gasteiger partial charge on any atom is 0.166 e. The molecule has 4 nitrogen and oxygen atoms in total. The summed E-state index contributed by atoms with van der Waals surface area (Å²) in [7, 11) is 0. The number of aliphatic hydroxyl groups excluding tert-OH is 1. The van der Waals surface area contributed by atoms with Crippen LogP contribution >= 0.6 is 0 Å². The van der Waals surface area contributed by atoms with Crippen molar-refractivity contribution in [3.8, 4) is 5.75 Å². The Kier molecular flexibility index (Phi) is 3.89. The minimum atomic E-state index is -0.559. The lowest BCUT2D eigenvalue weighted by Crippen LogP contribution is -2.04. The fourth-order valence-electron chi connectivity index (χ4n) is 1.67. The van der Waals surface area contributed by atoms with Crippen molar-refractivity contribution in [3.05, 3.63) is 53.6 Å². The summed E-state index contributed by atoms with van der Waals surface area (Å²) < 4.78 is 5.65. The van der Waals surface area contributed by atoms with Gasteiger partial charge in [0.2, 0.25) is 0 Å². The minimum Gasteiger partial charge on any atom is -0.485 e. The van der Waals surface area contributed by atoms with Crippen LogP contribution in [-0.2, 0) is 6.61 Å². The van der Waals surface area contributed by atoms with Crippen LogP contribution in [0.15, 0.2) is 36.7 Å². The summed E-state index contributed by atoms with van der Waals surface area (Å²) in [6.45, 7) is 4.00. The molecule has 2 aromatic rings. The van der Waals surface area contributed by atoms with Gasteiger partial charge in [0, 0.05) is 18.0 Å². The normalized spacial score (nSPS) is 12.2. The number of ether oxygens (including phenoxy) is 1. The largest absolute Gasteiger partial charge is 0.485 e. The summed E-state index contributed by atoms with van der Waals surface area (Å²) >= 11 is 0. The van der Waals surface area contributed by atoms with E-state index in [4.69, 9.17) is 4.74 Å². The van der Waals surface area contributed by atoms with Gasteiger partial charge in [0.05, 0.1) is 6.10 Å². The third-order valence-electron chi connectivity index (χ3n) is 2.59. The molecule has 94 valence electrons. The van der Waals surface area contributed by atoms with Crippen LogP contribution in [0.3, 0.4) is 0 Å². The van der Waals surface area contributed by atoms with Crippen LogP contribution in [0.2, 0.25) is 0 Å². The average molecular weight is 244 g/mol. The van der Waals surface area contributed by atoms with Gasteiger partial charge in [-0.2, -0.15) is 0 Å². The number of nitrogens with zero attached hydrogens (tertiary/aromatic N) is 2. The van der Waals surface area contributed by atoms with Gasteiger partial charge in [0.15, 0.2) is 5.82 Å². The van der Waals surface area contributed by atoms with E-state index in [1.54, 1.807) is 25.4 Å². The maximum atomic E-state index is 9.71. The van der Waals surface area contributed by atoms with Crippen LogP contribution in [0.25, 0.3) is 0 Å². The molecule has 0 bridgehead atoms. The molecule has 2 rings (SSSR count). The first-order valence-corrected chi connectivity index (χ1v) is 5.84. The van der Waals surface area contributed by atoms with E-state index in [1.165, 1.54) is 0 Å². The summed E-state index contributed by atoms with van der Waals surface area (Å²) in [5, 5.41) is 9.71. The Morgan fingerprint density at radius 1 is 1.28 bits per heavy atom. The second-order valence-electron chi connectivity index (χ2n) is 4.17. The smallest absolute Gasteiger partial charge is 0.166 e. The summed E-state index contributed by atoms with van der Waals surface area (Å²) in [5.41, 5.74) is 1.88. The van der Waals surface area contributed by atoms with Crippen molar-refractivity contribution in [1.82, 2.24) is 9.97 Å². The quantitative estimate of drug-likeness (QED) is 0.897. The van der Waals surface area contributed by atoms with Gasteiger partial charge in [-0.05, 0) is 32.0 Å². The van der Waals surface area contributed by atoms with E-state index in [1.807, 2.05) is 25.1 Å². The van der Waals surface area contributed by atoms with Gasteiger partial charge in [-0.15, -0.1) is 0 Å². The number of benzene rings is 1. The van der Waals surface area contributed by atoms with Crippen molar-refractivity contribution in [3.63, 3.8) is 0 Å². The van der Waals surface area contributed by atoms with Crippen LogP contribution in [0.1, 0.15) is 30.0 Å². The molecule has 0 saturated carbocycles. The molecule has 1 aromatic carbocycles. The molecule has 1 heterocycles. The number of aryl methyl sites for hydroxylation is 1. The summed E-state index contributed by atoms with van der Waals surface area (Å²) in [5.74, 6) is 1.29. The molecule has 1 atom stereocenters. The Balaban J connectivity index is 2.14. The molecule has 0 aliphatic rings. The molecule has 0 spiro atoms. The number of aromatic nitrogens is 2. The average Bonchev–Trinajstić information content (AvgIpc) is 2.38. The monoisotopic (exact) mass is 244 g/mol. The van der Waals surface area contributed by atoms with E-state index in [0.717, 1.165) is 11.1 Å². The predicted molar refractivity (Wildman–Crippen MR) is 68.2 cm³/mol. The fourth-order valence-corrected chi connectivity index (χ4v) is 1.67. The number of rotatable bonds is 4. The molecule has 0 unspecified atom stereocenters. The fraction of sp³-hybridized carbons (Fsp3) is 0.286. The molecule has 0 amide bonds. The molecule has 4 heteroatoms. The molecular formula is C14H16N2O2. The van der Waals surface area contributed by atoms with Gasteiger partial charge in [-0.1, -0.05) is 11.6 Å². The summed E-state index contributed by atoms with van der Waals surface area (Å²) in [4.78, 5) is 8.17. The minimum absolute atomic E-state index is 0.295. The SMILES string of the molecule is Cc1ccc(OCc2ncccn2)c([C@@H](C)O)c1. The summed E-state index contributed by atoms with van der Waals surface area (Å²) in [6.07, 6.45) is 2.80. The molecule has 1 N–H and O–H groups in total. The van der Waals surface area contributed by atoms with Crippen LogP contribution in [0.4, 0.5) is 0 Å². The topological polar surface area (TPSA) is 55.2 Å². The zero-order valence-electron chi connectivity index (χ0n) is 10.5. The van der Waals surface area contributed by atoms with Crippen LogP contribution in [0, 0.1) is 6.92 Å². The van der Waals surface area contributed by atoms with Crippen molar-refractivity contribution in [2.75, 3.05) is 0 Å². The first-order valence-electron chi connectivity index (χ1n) is 5.84. The molecule has 0 saturated heterocycles. The van der Waals surface area contributed by atoms with Crippen LogP contribution < -0.4 is 4.74 Å². The van der Waals surface area contributed by atoms with Gasteiger partial charge >= 0.3 is 0 Å². The lowest BCUT2D eigenvalue weighted by Gasteiger charge is -2.13. The number of hydrogen-bond acceptors (Lipinski definition) is 4. The van der Waals surface area contributed by atoms with Crippen molar-refractivity contribution >= 4 is 0 Å². The van der Waals surface area contributed by atoms with Crippen molar-refractivity contribution in [1.29, 1.82) is 0 Å². The zero-order chi connectivity index (χ0) is 13.0. The first kappa shape index (κ1) is 12.5. The molecule has 1 aromatic heterocycles. The molecule has 0 radical (unpaired) electrons. The van der Waals surface area contributed by atoms with Gasteiger partial charge in [-0.25, -0.2) is 9.97 Å². The highest BCUT2D eigenvalue weighted by atomic mass is 16.5. The lowest BCUT2D eigenvalue weighted by atomic mass is 10.1. The van der Waals surface area contributed by atoms with Crippen molar-refractivity contribution in [2.24, 2.45) is 0 Å². The maximum absolute atomic E-state index is 9.71. The molecule has 0 aliphatic carbocycles. The molecular weight excluding hydrogens is 228 g/mol. The highest BCUT2D eigenvalue weighted by molar-refractivity contribution is 5.38. The second kappa shape index (κ2) is 5.60. The number of aliphatic hydroxyl groups is 1. The third-order valence-corrected chi connectivity index (χ3v) is 2.59. The molecule has 0 fully saturated rings. The van der Waals surface area contributed by atoms with E-state index in [9.17, 15) is 5.11 Å². The Hall–Kier alpha value is -1.94. The second-order valence-corrected chi connectivity index (χ2v) is 4.17. The Bertz CT molecular complexity index is 512. The highest BCUT2D eigenvalue weighted by Crippen LogP contribution is 2.26. The van der Waals surface area contributed by atoms with E-state index < -0.39 is 6.10 Å². The number of hydrogen-bond donors (Lipinski definition) is 1. The molecule has 0 aliphatic heterocycles. The predicted octanol–water partition coefficient (Wildman–Crippen LogP) is 2.42. The third kappa shape index (κ3) is 3.05. The summed E-state index contributed by atoms with van der Waals surface area (Å²) in [6, 6.07) is 7.50. The Labute approximate surface area is 106 Å². The van der Waals surface area contributed by atoms with Crippen molar-refractivity contribution in [2.45, 2.75) is 26.6 Å². The first-order chi connectivity index (χ1) is 8.66. The van der Waals surface area contributed by atoms with E-state index in [-0.39, 0.29) is 0 Å². The van der Waals surface area contributed by atoms with Crippen LogP contribution in [-0.4, -0.2) is 15.1 Å². The Morgan fingerprint density at radius 2 is 2.00 bits per heavy atom. The van der Waals surface area contributed by atoms with Gasteiger partial charge in [0.25, 0.3) is 0 Å². The Morgan fingerprint density at radius 3 is 2.67 bits per heavy atom. The highest BCUT2D eigenvalue weighted by Gasteiger charge is 2.10. The zero-order valence-corrected chi connectivity index (χ0v) is 10.5. The van der Waals surface area contributed by atoms with E-state index in [2.05, 4.69) is 9.97 Å². The van der Waals surface area contributed by atoms with Crippen LogP contribution in [0.5, 0.6) is 5.75 Å². The van der Waals surface area contributed by atoms with Gasteiger partial charge < -0.3 is 9.84 Å². The van der Waals surface area contributed by atoms with E-state index in [0.29, 0.717) is 18.2 Å². The molecule has 18 heavy (non-hydrogen) atoms. The van der Waals surface area contributed by atoms with Crippen molar-refractivity contribution < 1.29 is 9.84 Å². The lowest BCUT2D eigenvalue weighted by molar-refractivity contribution is 0.189. The van der Waals surface area contributed by atoms with Gasteiger partial charge in [0.1, 0.15) is 12.4 Å². The van der Waals surface area contributed by atoms with Gasteiger partial charge in [-0.3, -0.25) is 0 Å². The standard InChI is InChI=1S/C14H16N2O2/c1-10-4-5-13(12(8-10)11(2)17)18-9-14-15-6-3-7-16-14/h3-8,11,17H,9H2,1-2H3/t11-/m1/s1. The van der Waals surface area contributed by atoms with E-state index >= 15 is 0 Å².